The van der Waals surface area contributed by atoms with E-state index in [0.717, 1.165) is 24.8 Å². The van der Waals surface area contributed by atoms with E-state index in [1.807, 2.05) is 30.3 Å². The number of hydrogen-bond donors (Lipinski definition) is 1. The van der Waals surface area contributed by atoms with E-state index >= 15 is 0 Å². The fraction of sp³-hybridized carbons (Fsp3) is 0.400. The number of hydrogen-bond acceptors (Lipinski definition) is 2. The first-order valence-electron chi connectivity index (χ1n) is 8.58. The summed E-state index contributed by atoms with van der Waals surface area (Å²) in [5.41, 5.74) is 2.33. The van der Waals surface area contributed by atoms with Crippen molar-refractivity contribution in [2.24, 2.45) is 0 Å². The number of nitrogens with one attached hydrogen (secondary N) is 1. The summed E-state index contributed by atoms with van der Waals surface area (Å²) in [6.45, 7) is 4.66. The molecule has 0 aliphatic heterocycles. The van der Waals surface area contributed by atoms with Crippen LogP contribution >= 0.6 is 0 Å². The maximum Gasteiger partial charge on any atom is 0.240 e. The molecular formula is C20H25NO2S. The van der Waals surface area contributed by atoms with Gasteiger partial charge in [-0.3, -0.25) is 0 Å². The van der Waals surface area contributed by atoms with Gasteiger partial charge in [-0.05, 0) is 42.0 Å². The van der Waals surface area contributed by atoms with Crippen molar-refractivity contribution in [1.82, 2.24) is 4.72 Å². The molecule has 1 N–H and O–H groups in total. The summed E-state index contributed by atoms with van der Waals surface area (Å²) >= 11 is 0. The van der Waals surface area contributed by atoms with Gasteiger partial charge in [-0.2, -0.15) is 0 Å². The molecule has 3 rings (SSSR count). The Kier molecular flexibility index (Phi) is 4.79. The van der Waals surface area contributed by atoms with Crippen molar-refractivity contribution in [3.05, 3.63) is 65.7 Å². The second-order valence-corrected chi connectivity index (χ2v) is 8.82. The summed E-state index contributed by atoms with van der Waals surface area (Å²) < 4.78 is 28.1. The van der Waals surface area contributed by atoms with Crippen molar-refractivity contribution in [3.8, 4) is 0 Å². The van der Waals surface area contributed by atoms with Crippen LogP contribution in [0.15, 0.2) is 59.5 Å². The molecule has 0 amide bonds. The van der Waals surface area contributed by atoms with Gasteiger partial charge >= 0.3 is 0 Å². The lowest BCUT2D eigenvalue weighted by Gasteiger charge is -2.42. The van der Waals surface area contributed by atoms with Gasteiger partial charge in [0.25, 0.3) is 0 Å². The highest BCUT2D eigenvalue weighted by atomic mass is 32.2. The molecule has 24 heavy (non-hydrogen) atoms. The highest BCUT2D eigenvalue weighted by molar-refractivity contribution is 7.89. The van der Waals surface area contributed by atoms with Gasteiger partial charge in [0, 0.05) is 12.0 Å². The average Bonchev–Trinajstić information content (AvgIpc) is 2.55. The molecule has 1 aliphatic carbocycles. The van der Waals surface area contributed by atoms with Crippen LogP contribution in [0.4, 0.5) is 0 Å². The molecule has 1 saturated carbocycles. The van der Waals surface area contributed by atoms with Crippen LogP contribution in [0.25, 0.3) is 0 Å². The first-order chi connectivity index (χ1) is 11.4. The molecule has 4 heteroatoms. The lowest BCUT2D eigenvalue weighted by Crippen LogP contribution is -2.45. The maximum atomic E-state index is 12.6. The fourth-order valence-corrected chi connectivity index (χ4v) is 4.44. The van der Waals surface area contributed by atoms with E-state index in [2.05, 4.69) is 30.7 Å². The molecule has 0 unspecified atom stereocenters. The first kappa shape index (κ1) is 17.2. The van der Waals surface area contributed by atoms with Crippen LogP contribution in [0.5, 0.6) is 0 Å². The molecule has 1 aliphatic rings. The van der Waals surface area contributed by atoms with Crippen LogP contribution in [0.3, 0.4) is 0 Å². The summed E-state index contributed by atoms with van der Waals surface area (Å²) in [5, 5.41) is 0. The Balaban J connectivity index is 1.75. The summed E-state index contributed by atoms with van der Waals surface area (Å²) in [7, 11) is -3.47. The van der Waals surface area contributed by atoms with Gasteiger partial charge < -0.3 is 0 Å². The average molecular weight is 343 g/mol. The van der Waals surface area contributed by atoms with E-state index in [-0.39, 0.29) is 5.41 Å². The van der Waals surface area contributed by atoms with Crippen molar-refractivity contribution in [2.75, 3.05) is 6.54 Å². The predicted octanol–water partition coefficient (Wildman–Crippen LogP) is 4.21. The fourth-order valence-electron chi connectivity index (χ4n) is 3.31. The van der Waals surface area contributed by atoms with Gasteiger partial charge in [0.15, 0.2) is 0 Å². The Labute approximate surface area is 145 Å². The third-order valence-corrected chi connectivity index (χ3v) is 6.57. The van der Waals surface area contributed by atoms with Crippen LogP contribution in [-0.4, -0.2) is 15.0 Å². The van der Waals surface area contributed by atoms with Crippen LogP contribution in [0, 0.1) is 0 Å². The largest absolute Gasteiger partial charge is 0.240 e. The minimum absolute atomic E-state index is 0.0494. The van der Waals surface area contributed by atoms with Crippen molar-refractivity contribution >= 4 is 10.0 Å². The molecule has 0 spiro atoms. The molecule has 2 aromatic carbocycles. The maximum absolute atomic E-state index is 12.6. The Hall–Kier alpha value is -1.65. The van der Waals surface area contributed by atoms with E-state index in [4.69, 9.17) is 0 Å². The molecule has 0 bridgehead atoms. The van der Waals surface area contributed by atoms with E-state index in [1.165, 1.54) is 5.56 Å². The highest BCUT2D eigenvalue weighted by Gasteiger charge is 2.39. The predicted molar refractivity (Wildman–Crippen MR) is 97.7 cm³/mol. The monoisotopic (exact) mass is 343 g/mol. The zero-order valence-electron chi connectivity index (χ0n) is 14.3. The molecule has 0 heterocycles. The van der Waals surface area contributed by atoms with E-state index in [1.54, 1.807) is 12.1 Å². The van der Waals surface area contributed by atoms with Gasteiger partial charge in [-0.1, -0.05) is 62.7 Å². The Morgan fingerprint density at radius 3 is 2.12 bits per heavy atom. The zero-order valence-corrected chi connectivity index (χ0v) is 15.1. The Morgan fingerprint density at radius 1 is 1.00 bits per heavy atom. The van der Waals surface area contributed by atoms with Crippen molar-refractivity contribution in [1.29, 1.82) is 0 Å². The van der Waals surface area contributed by atoms with Crippen LogP contribution < -0.4 is 4.72 Å². The molecule has 2 aromatic rings. The number of sulfonamides is 1. The summed E-state index contributed by atoms with van der Waals surface area (Å²) in [6.07, 6.45) is 3.22. The van der Waals surface area contributed by atoms with Gasteiger partial charge in [-0.25, -0.2) is 13.1 Å². The zero-order chi connectivity index (χ0) is 17.2. The van der Waals surface area contributed by atoms with Crippen molar-refractivity contribution < 1.29 is 8.42 Å². The molecule has 1 fully saturated rings. The smallest absolute Gasteiger partial charge is 0.210 e. The van der Waals surface area contributed by atoms with E-state index in [0.29, 0.717) is 17.4 Å². The molecule has 0 atom stereocenters. The standard InChI is InChI=1S/C20H25NO2S/c1-16(2)17-9-11-19(12-10-17)24(22,23)21-15-20(13-6-14-20)18-7-4-3-5-8-18/h3-5,7-12,16,21H,6,13-15H2,1-2H3. The summed E-state index contributed by atoms with van der Waals surface area (Å²) in [4.78, 5) is 0.342. The van der Waals surface area contributed by atoms with Crippen LogP contribution in [-0.2, 0) is 15.4 Å². The van der Waals surface area contributed by atoms with E-state index in [9.17, 15) is 8.42 Å². The molecule has 128 valence electrons. The molecule has 0 saturated heterocycles. The quantitative estimate of drug-likeness (QED) is 0.854. The van der Waals surface area contributed by atoms with E-state index < -0.39 is 10.0 Å². The van der Waals surface area contributed by atoms with Gasteiger partial charge in [0.2, 0.25) is 10.0 Å². The van der Waals surface area contributed by atoms with Crippen LogP contribution in [0.2, 0.25) is 0 Å². The molecule has 0 radical (unpaired) electrons. The third-order valence-electron chi connectivity index (χ3n) is 5.15. The Bertz CT molecular complexity index is 776. The second kappa shape index (κ2) is 6.69. The minimum atomic E-state index is -3.47. The molecule has 0 aromatic heterocycles. The normalized spacial score (nSPS) is 16.8. The lowest BCUT2D eigenvalue weighted by atomic mass is 9.64. The summed E-state index contributed by atoms with van der Waals surface area (Å²) in [5.74, 6) is 0.394. The van der Waals surface area contributed by atoms with Crippen LogP contribution in [0.1, 0.15) is 50.2 Å². The van der Waals surface area contributed by atoms with Crippen molar-refractivity contribution in [3.63, 3.8) is 0 Å². The van der Waals surface area contributed by atoms with Gasteiger partial charge in [0.1, 0.15) is 0 Å². The third kappa shape index (κ3) is 3.40. The number of rotatable bonds is 6. The minimum Gasteiger partial charge on any atom is -0.210 e. The summed E-state index contributed by atoms with van der Waals surface area (Å²) in [6, 6.07) is 17.4. The first-order valence-corrected chi connectivity index (χ1v) is 10.1. The molecular weight excluding hydrogens is 318 g/mol. The topological polar surface area (TPSA) is 46.2 Å². The SMILES string of the molecule is CC(C)c1ccc(S(=O)(=O)NCC2(c3ccccc3)CCC2)cc1. The molecule has 3 nitrogen and oxygen atoms in total. The Morgan fingerprint density at radius 2 is 1.62 bits per heavy atom. The highest BCUT2D eigenvalue weighted by Crippen LogP contribution is 2.43. The second-order valence-electron chi connectivity index (χ2n) is 7.05. The lowest BCUT2D eigenvalue weighted by molar-refractivity contribution is 0.245. The van der Waals surface area contributed by atoms with Crippen molar-refractivity contribution in [2.45, 2.75) is 49.3 Å². The number of benzene rings is 2. The van der Waals surface area contributed by atoms with Gasteiger partial charge in [0.05, 0.1) is 4.90 Å². The van der Waals surface area contributed by atoms with Gasteiger partial charge in [-0.15, -0.1) is 0 Å².